The predicted molar refractivity (Wildman–Crippen MR) is 71.3 cm³/mol. The summed E-state index contributed by atoms with van der Waals surface area (Å²) in [5.74, 6) is 3.01. The SMILES string of the molecule is CSCCCC1CC(C)(C)CCC1CN. The van der Waals surface area contributed by atoms with Crippen LogP contribution in [0.4, 0.5) is 0 Å². The predicted octanol–water partition coefficient (Wildman–Crippen LogP) is 3.53. The zero-order valence-corrected chi connectivity index (χ0v) is 11.4. The van der Waals surface area contributed by atoms with E-state index in [4.69, 9.17) is 5.73 Å². The Hall–Kier alpha value is 0.310. The topological polar surface area (TPSA) is 26.0 Å². The van der Waals surface area contributed by atoms with Crippen molar-refractivity contribution >= 4 is 11.8 Å². The molecule has 0 aromatic carbocycles. The zero-order chi connectivity index (χ0) is 11.3. The molecular formula is C13H27NS. The molecule has 1 fully saturated rings. The van der Waals surface area contributed by atoms with E-state index in [1.807, 2.05) is 11.8 Å². The van der Waals surface area contributed by atoms with Crippen molar-refractivity contribution in [1.82, 2.24) is 0 Å². The van der Waals surface area contributed by atoms with Crippen LogP contribution in [-0.4, -0.2) is 18.6 Å². The largest absolute Gasteiger partial charge is 0.330 e. The van der Waals surface area contributed by atoms with E-state index in [2.05, 4.69) is 20.1 Å². The summed E-state index contributed by atoms with van der Waals surface area (Å²) in [6.07, 6.45) is 9.08. The molecule has 90 valence electrons. The summed E-state index contributed by atoms with van der Waals surface area (Å²) in [6, 6.07) is 0. The lowest BCUT2D eigenvalue weighted by Crippen LogP contribution is -2.34. The molecule has 0 radical (unpaired) electrons. The van der Waals surface area contributed by atoms with Gasteiger partial charge in [-0.2, -0.15) is 11.8 Å². The minimum absolute atomic E-state index is 0.565. The van der Waals surface area contributed by atoms with Crippen molar-refractivity contribution in [3.63, 3.8) is 0 Å². The Morgan fingerprint density at radius 2 is 2.07 bits per heavy atom. The molecule has 1 nitrogen and oxygen atoms in total. The van der Waals surface area contributed by atoms with Crippen molar-refractivity contribution < 1.29 is 0 Å². The van der Waals surface area contributed by atoms with Gasteiger partial charge < -0.3 is 5.73 Å². The Morgan fingerprint density at radius 1 is 1.33 bits per heavy atom. The molecule has 1 aliphatic carbocycles. The quantitative estimate of drug-likeness (QED) is 0.730. The van der Waals surface area contributed by atoms with Crippen LogP contribution in [0.15, 0.2) is 0 Å². The number of rotatable bonds is 5. The molecule has 0 saturated heterocycles. The van der Waals surface area contributed by atoms with Crippen LogP contribution in [-0.2, 0) is 0 Å². The lowest BCUT2D eigenvalue weighted by Gasteiger charge is -2.40. The van der Waals surface area contributed by atoms with E-state index in [0.29, 0.717) is 5.41 Å². The maximum absolute atomic E-state index is 5.88. The van der Waals surface area contributed by atoms with E-state index in [1.54, 1.807) is 0 Å². The zero-order valence-electron chi connectivity index (χ0n) is 10.6. The van der Waals surface area contributed by atoms with Crippen LogP contribution in [0, 0.1) is 17.3 Å². The molecule has 0 bridgehead atoms. The number of nitrogens with two attached hydrogens (primary N) is 1. The molecule has 2 atom stereocenters. The average Bonchev–Trinajstić information content (AvgIpc) is 2.17. The first kappa shape index (κ1) is 13.4. The fraction of sp³-hybridized carbons (Fsp3) is 1.00. The Balaban J connectivity index is 2.41. The third-order valence-corrected chi connectivity index (χ3v) is 4.60. The van der Waals surface area contributed by atoms with Crippen LogP contribution in [0.1, 0.15) is 46.0 Å². The van der Waals surface area contributed by atoms with Gasteiger partial charge in [-0.05, 0) is 67.9 Å². The van der Waals surface area contributed by atoms with E-state index < -0.39 is 0 Å². The smallest absolute Gasteiger partial charge is 0.00462 e. The highest BCUT2D eigenvalue weighted by atomic mass is 32.2. The molecule has 1 rings (SSSR count). The van der Waals surface area contributed by atoms with Gasteiger partial charge in [-0.3, -0.25) is 0 Å². The lowest BCUT2D eigenvalue weighted by atomic mass is 9.66. The molecule has 1 aliphatic rings. The summed E-state index contributed by atoms with van der Waals surface area (Å²) in [4.78, 5) is 0. The summed E-state index contributed by atoms with van der Waals surface area (Å²) in [5.41, 5.74) is 6.45. The lowest BCUT2D eigenvalue weighted by molar-refractivity contribution is 0.115. The molecule has 0 amide bonds. The molecule has 0 aromatic heterocycles. The van der Waals surface area contributed by atoms with Gasteiger partial charge in [0.25, 0.3) is 0 Å². The van der Waals surface area contributed by atoms with Gasteiger partial charge in [0.2, 0.25) is 0 Å². The van der Waals surface area contributed by atoms with Gasteiger partial charge in [0.15, 0.2) is 0 Å². The molecule has 15 heavy (non-hydrogen) atoms. The van der Waals surface area contributed by atoms with Gasteiger partial charge in [0, 0.05) is 0 Å². The molecular weight excluding hydrogens is 202 g/mol. The van der Waals surface area contributed by atoms with E-state index >= 15 is 0 Å². The Morgan fingerprint density at radius 3 is 2.67 bits per heavy atom. The van der Waals surface area contributed by atoms with Crippen LogP contribution in [0.2, 0.25) is 0 Å². The van der Waals surface area contributed by atoms with Crippen LogP contribution < -0.4 is 5.73 Å². The number of hydrogen-bond donors (Lipinski definition) is 1. The molecule has 2 heteroatoms. The number of hydrogen-bond acceptors (Lipinski definition) is 2. The summed E-state index contributed by atoms with van der Waals surface area (Å²) in [7, 11) is 0. The van der Waals surface area contributed by atoms with Crippen LogP contribution >= 0.6 is 11.8 Å². The Labute approximate surface area is 99.6 Å². The Bertz CT molecular complexity index is 179. The normalized spacial score (nSPS) is 30.4. The highest BCUT2D eigenvalue weighted by Crippen LogP contribution is 2.43. The van der Waals surface area contributed by atoms with Gasteiger partial charge in [-0.1, -0.05) is 13.8 Å². The summed E-state index contributed by atoms with van der Waals surface area (Å²) in [6.45, 7) is 5.74. The van der Waals surface area contributed by atoms with Gasteiger partial charge in [0.1, 0.15) is 0 Å². The molecule has 2 N–H and O–H groups in total. The first-order chi connectivity index (χ1) is 7.09. The first-order valence-corrected chi connectivity index (χ1v) is 7.67. The second-order valence-corrected chi connectivity index (χ2v) is 6.78. The number of thioether (sulfide) groups is 1. The van der Waals surface area contributed by atoms with Crippen molar-refractivity contribution in [2.45, 2.75) is 46.0 Å². The molecule has 1 saturated carbocycles. The third kappa shape index (κ3) is 4.36. The van der Waals surface area contributed by atoms with Crippen molar-refractivity contribution in [2.75, 3.05) is 18.6 Å². The second kappa shape index (κ2) is 6.15. The molecule has 0 aromatic rings. The maximum Gasteiger partial charge on any atom is -0.00462 e. The third-order valence-electron chi connectivity index (χ3n) is 3.90. The van der Waals surface area contributed by atoms with Crippen molar-refractivity contribution in [2.24, 2.45) is 23.0 Å². The highest BCUT2D eigenvalue weighted by molar-refractivity contribution is 7.98. The van der Waals surface area contributed by atoms with Gasteiger partial charge in [0.05, 0.1) is 0 Å². The van der Waals surface area contributed by atoms with Crippen molar-refractivity contribution in [1.29, 1.82) is 0 Å². The Kier molecular flexibility index (Phi) is 5.48. The molecule has 0 aliphatic heterocycles. The first-order valence-electron chi connectivity index (χ1n) is 6.28. The van der Waals surface area contributed by atoms with E-state index in [9.17, 15) is 0 Å². The standard InChI is InChI=1S/C13H27NS/c1-13(2)7-6-12(10-14)11(9-13)5-4-8-15-3/h11-12H,4-10,14H2,1-3H3. The van der Waals surface area contributed by atoms with Gasteiger partial charge in [-0.25, -0.2) is 0 Å². The molecule has 0 spiro atoms. The average molecular weight is 229 g/mol. The van der Waals surface area contributed by atoms with Crippen molar-refractivity contribution in [3.8, 4) is 0 Å². The van der Waals surface area contributed by atoms with Gasteiger partial charge in [-0.15, -0.1) is 0 Å². The summed E-state index contributed by atoms with van der Waals surface area (Å²) in [5, 5.41) is 0. The monoisotopic (exact) mass is 229 g/mol. The van der Waals surface area contributed by atoms with Crippen molar-refractivity contribution in [3.05, 3.63) is 0 Å². The van der Waals surface area contributed by atoms with Crippen LogP contribution in [0.5, 0.6) is 0 Å². The fourth-order valence-corrected chi connectivity index (χ4v) is 3.38. The van der Waals surface area contributed by atoms with E-state index in [0.717, 1.165) is 18.4 Å². The summed E-state index contributed by atoms with van der Waals surface area (Å²) < 4.78 is 0. The highest BCUT2D eigenvalue weighted by Gasteiger charge is 2.33. The maximum atomic E-state index is 5.88. The van der Waals surface area contributed by atoms with Crippen LogP contribution in [0.3, 0.4) is 0 Å². The van der Waals surface area contributed by atoms with E-state index in [-0.39, 0.29) is 0 Å². The minimum Gasteiger partial charge on any atom is -0.330 e. The van der Waals surface area contributed by atoms with Crippen LogP contribution in [0.25, 0.3) is 0 Å². The van der Waals surface area contributed by atoms with E-state index in [1.165, 1.54) is 37.9 Å². The summed E-state index contributed by atoms with van der Waals surface area (Å²) >= 11 is 1.97. The molecule has 2 unspecified atom stereocenters. The fourth-order valence-electron chi connectivity index (χ4n) is 2.93. The second-order valence-electron chi connectivity index (χ2n) is 5.80. The minimum atomic E-state index is 0.565. The van der Waals surface area contributed by atoms with Gasteiger partial charge >= 0.3 is 0 Å². The molecule has 0 heterocycles.